The number of hydrogen-bond acceptors (Lipinski definition) is 4. The predicted molar refractivity (Wildman–Crippen MR) is 73.7 cm³/mol. The molecule has 2 aliphatic rings. The summed E-state index contributed by atoms with van der Waals surface area (Å²) in [4.78, 5) is 8.83. The Morgan fingerprint density at radius 2 is 2.11 bits per heavy atom. The molecule has 2 N–H and O–H groups in total. The van der Waals surface area contributed by atoms with E-state index in [0.29, 0.717) is 6.04 Å². The van der Waals surface area contributed by atoms with Gasteiger partial charge in [0.25, 0.3) is 0 Å². The van der Waals surface area contributed by atoms with Crippen LogP contribution in [0.25, 0.3) is 0 Å². The van der Waals surface area contributed by atoms with Crippen molar-refractivity contribution >= 4 is 11.6 Å². The molecule has 2 saturated carbocycles. The molecule has 4 heteroatoms. The number of nitrogens with zero attached hydrogens (tertiary/aromatic N) is 2. The second-order valence-electron chi connectivity index (χ2n) is 5.64. The van der Waals surface area contributed by atoms with E-state index in [1.54, 1.807) is 6.20 Å². The normalized spacial score (nSPS) is 29.5. The van der Waals surface area contributed by atoms with Crippen LogP contribution in [0.3, 0.4) is 0 Å². The van der Waals surface area contributed by atoms with E-state index in [-0.39, 0.29) is 0 Å². The number of anilines is 2. The fourth-order valence-corrected chi connectivity index (χ4v) is 3.39. The van der Waals surface area contributed by atoms with Gasteiger partial charge in [0.15, 0.2) is 0 Å². The van der Waals surface area contributed by atoms with Crippen molar-refractivity contribution in [3.8, 4) is 0 Å². The van der Waals surface area contributed by atoms with Crippen molar-refractivity contribution in [2.75, 3.05) is 17.2 Å². The molecule has 3 unspecified atom stereocenters. The van der Waals surface area contributed by atoms with Gasteiger partial charge in [0, 0.05) is 12.6 Å². The Balaban J connectivity index is 1.62. The van der Waals surface area contributed by atoms with Crippen molar-refractivity contribution in [1.82, 2.24) is 9.97 Å². The average molecular weight is 246 g/mol. The molecule has 18 heavy (non-hydrogen) atoms. The Morgan fingerprint density at radius 3 is 2.83 bits per heavy atom. The van der Waals surface area contributed by atoms with Crippen molar-refractivity contribution < 1.29 is 0 Å². The van der Waals surface area contributed by atoms with Gasteiger partial charge < -0.3 is 10.6 Å². The Hall–Kier alpha value is -1.32. The van der Waals surface area contributed by atoms with E-state index in [1.807, 2.05) is 6.20 Å². The van der Waals surface area contributed by atoms with E-state index in [2.05, 4.69) is 27.5 Å². The van der Waals surface area contributed by atoms with Crippen molar-refractivity contribution in [1.29, 1.82) is 0 Å². The zero-order chi connectivity index (χ0) is 12.4. The smallest absolute Gasteiger partial charge is 0.147 e. The first-order valence-corrected chi connectivity index (χ1v) is 7.17. The first kappa shape index (κ1) is 11.8. The molecular formula is C14H22N4. The van der Waals surface area contributed by atoms with Gasteiger partial charge in [0.05, 0.1) is 12.4 Å². The van der Waals surface area contributed by atoms with Gasteiger partial charge >= 0.3 is 0 Å². The molecule has 3 atom stereocenters. The van der Waals surface area contributed by atoms with E-state index in [0.717, 1.165) is 36.4 Å². The summed E-state index contributed by atoms with van der Waals surface area (Å²) < 4.78 is 0. The van der Waals surface area contributed by atoms with Crippen LogP contribution in [0.15, 0.2) is 12.4 Å². The Kier molecular flexibility index (Phi) is 3.35. The molecule has 0 spiro atoms. The minimum absolute atomic E-state index is 0.625. The second-order valence-corrected chi connectivity index (χ2v) is 5.64. The highest BCUT2D eigenvalue weighted by Crippen LogP contribution is 2.45. The molecule has 2 aliphatic carbocycles. The molecule has 0 radical (unpaired) electrons. The maximum absolute atomic E-state index is 4.57. The summed E-state index contributed by atoms with van der Waals surface area (Å²) in [7, 11) is 0. The molecule has 98 valence electrons. The van der Waals surface area contributed by atoms with E-state index >= 15 is 0 Å². The first-order chi connectivity index (χ1) is 8.85. The Labute approximate surface area is 109 Å². The van der Waals surface area contributed by atoms with Gasteiger partial charge in [0.2, 0.25) is 0 Å². The predicted octanol–water partition coefficient (Wildman–Crippen LogP) is 2.90. The topological polar surface area (TPSA) is 49.8 Å². The monoisotopic (exact) mass is 246 g/mol. The highest BCUT2D eigenvalue weighted by Gasteiger charge is 2.39. The van der Waals surface area contributed by atoms with Crippen LogP contribution in [-0.4, -0.2) is 22.6 Å². The lowest BCUT2D eigenvalue weighted by molar-refractivity contribution is 0.439. The Bertz CT molecular complexity index is 407. The van der Waals surface area contributed by atoms with Gasteiger partial charge in [-0.2, -0.15) is 0 Å². The number of fused-ring (bicyclic) bond motifs is 2. The van der Waals surface area contributed by atoms with E-state index in [9.17, 15) is 0 Å². The van der Waals surface area contributed by atoms with Crippen molar-refractivity contribution in [2.45, 2.75) is 45.1 Å². The summed E-state index contributed by atoms with van der Waals surface area (Å²) in [6, 6.07) is 0.625. The molecule has 3 rings (SSSR count). The first-order valence-electron chi connectivity index (χ1n) is 7.17. The van der Waals surface area contributed by atoms with E-state index in [4.69, 9.17) is 0 Å². The fourth-order valence-electron chi connectivity index (χ4n) is 3.39. The summed E-state index contributed by atoms with van der Waals surface area (Å²) in [5.41, 5.74) is 0. The lowest BCUT2D eigenvalue weighted by Crippen LogP contribution is -2.26. The van der Waals surface area contributed by atoms with Crippen LogP contribution in [0.2, 0.25) is 0 Å². The molecule has 0 saturated heterocycles. The third kappa shape index (κ3) is 2.42. The van der Waals surface area contributed by atoms with Crippen molar-refractivity contribution in [2.24, 2.45) is 11.8 Å². The fraction of sp³-hybridized carbons (Fsp3) is 0.714. The summed E-state index contributed by atoms with van der Waals surface area (Å²) in [6.45, 7) is 3.10. The number of aromatic nitrogens is 2. The zero-order valence-corrected chi connectivity index (χ0v) is 11.0. The van der Waals surface area contributed by atoms with Crippen LogP contribution in [0.4, 0.5) is 11.6 Å². The lowest BCUT2D eigenvalue weighted by Gasteiger charge is -2.23. The van der Waals surface area contributed by atoms with E-state index in [1.165, 1.54) is 25.7 Å². The molecule has 0 aromatic carbocycles. The third-order valence-corrected chi connectivity index (χ3v) is 4.26. The Morgan fingerprint density at radius 1 is 1.22 bits per heavy atom. The summed E-state index contributed by atoms with van der Waals surface area (Å²) in [5, 5.41) is 6.86. The molecule has 4 nitrogen and oxygen atoms in total. The summed E-state index contributed by atoms with van der Waals surface area (Å²) in [5.74, 6) is 3.63. The molecule has 0 aliphatic heterocycles. The van der Waals surface area contributed by atoms with Gasteiger partial charge in [-0.15, -0.1) is 0 Å². The molecule has 1 heterocycles. The minimum Gasteiger partial charge on any atom is -0.369 e. The van der Waals surface area contributed by atoms with Crippen LogP contribution in [0, 0.1) is 11.8 Å². The molecule has 0 amide bonds. The molecule has 2 bridgehead atoms. The SMILES string of the molecule is CCCNc1cncc(NC2CC3CCC2C3)n1. The van der Waals surface area contributed by atoms with Crippen LogP contribution < -0.4 is 10.6 Å². The van der Waals surface area contributed by atoms with E-state index < -0.39 is 0 Å². The highest BCUT2D eigenvalue weighted by atomic mass is 15.1. The van der Waals surface area contributed by atoms with Crippen LogP contribution >= 0.6 is 0 Å². The third-order valence-electron chi connectivity index (χ3n) is 4.26. The van der Waals surface area contributed by atoms with Gasteiger partial charge in [-0.3, -0.25) is 4.98 Å². The van der Waals surface area contributed by atoms with Gasteiger partial charge in [0.1, 0.15) is 11.6 Å². The molecule has 1 aromatic heterocycles. The van der Waals surface area contributed by atoms with Gasteiger partial charge in [-0.25, -0.2) is 4.98 Å². The maximum Gasteiger partial charge on any atom is 0.147 e. The second kappa shape index (κ2) is 5.12. The van der Waals surface area contributed by atoms with Crippen LogP contribution in [0.5, 0.6) is 0 Å². The van der Waals surface area contributed by atoms with Crippen molar-refractivity contribution in [3.05, 3.63) is 12.4 Å². The number of rotatable bonds is 5. The maximum atomic E-state index is 4.57. The van der Waals surface area contributed by atoms with Gasteiger partial charge in [-0.05, 0) is 37.5 Å². The standard InChI is InChI=1S/C14H22N4/c1-2-5-16-13-8-15-9-14(18-13)17-12-7-10-3-4-11(12)6-10/h8-12H,2-7H2,1H3,(H2,16,17,18). The summed E-state index contributed by atoms with van der Waals surface area (Å²) >= 11 is 0. The van der Waals surface area contributed by atoms with Crippen molar-refractivity contribution in [3.63, 3.8) is 0 Å². The molecular weight excluding hydrogens is 224 g/mol. The van der Waals surface area contributed by atoms with Crippen LogP contribution in [-0.2, 0) is 0 Å². The minimum atomic E-state index is 0.625. The summed E-state index contributed by atoms with van der Waals surface area (Å²) in [6.07, 6.45) is 10.3. The van der Waals surface area contributed by atoms with Crippen LogP contribution in [0.1, 0.15) is 39.0 Å². The largest absolute Gasteiger partial charge is 0.369 e. The molecule has 1 aromatic rings. The van der Waals surface area contributed by atoms with Gasteiger partial charge in [-0.1, -0.05) is 13.3 Å². The zero-order valence-electron chi connectivity index (χ0n) is 11.0. The molecule has 2 fully saturated rings. The quantitative estimate of drug-likeness (QED) is 0.838. The average Bonchev–Trinajstić information content (AvgIpc) is 2.99. The number of nitrogens with one attached hydrogen (secondary N) is 2. The lowest BCUT2D eigenvalue weighted by atomic mass is 9.95. The number of hydrogen-bond donors (Lipinski definition) is 2. The highest BCUT2D eigenvalue weighted by molar-refractivity contribution is 5.42.